The van der Waals surface area contributed by atoms with Gasteiger partial charge in [0.05, 0.1) is 12.3 Å². The van der Waals surface area contributed by atoms with Gasteiger partial charge in [-0.15, -0.1) is 0 Å². The largest absolute Gasteiger partial charge is 0.351 e. The standard InChI is InChI=1S/C17H21N3O3S/c1-2-14-5-7-15(8-6-14)13-24(22,23)20-12-17(21)19-11-16-4-3-9-18-10-16/h3-10,20H,2,11-13H2,1H3,(H,19,21). The summed E-state index contributed by atoms with van der Waals surface area (Å²) < 4.78 is 26.4. The van der Waals surface area contributed by atoms with Crippen molar-refractivity contribution in [2.75, 3.05) is 6.54 Å². The average Bonchev–Trinajstić information content (AvgIpc) is 2.59. The molecule has 2 N–H and O–H groups in total. The van der Waals surface area contributed by atoms with Crippen LogP contribution in [0.25, 0.3) is 0 Å². The first kappa shape index (κ1) is 18.1. The molecule has 24 heavy (non-hydrogen) atoms. The summed E-state index contributed by atoms with van der Waals surface area (Å²) in [5.74, 6) is -0.531. The first-order chi connectivity index (χ1) is 11.5. The lowest BCUT2D eigenvalue weighted by atomic mass is 10.1. The molecule has 0 atom stereocenters. The van der Waals surface area contributed by atoms with Crippen molar-refractivity contribution < 1.29 is 13.2 Å². The van der Waals surface area contributed by atoms with Gasteiger partial charge in [0.25, 0.3) is 0 Å². The maximum Gasteiger partial charge on any atom is 0.235 e. The number of carbonyl (C=O) groups is 1. The minimum atomic E-state index is -3.56. The number of pyridine rings is 1. The van der Waals surface area contributed by atoms with Crippen molar-refractivity contribution in [2.24, 2.45) is 0 Å². The van der Waals surface area contributed by atoms with Gasteiger partial charge < -0.3 is 5.32 Å². The smallest absolute Gasteiger partial charge is 0.235 e. The molecule has 0 aliphatic rings. The summed E-state index contributed by atoms with van der Waals surface area (Å²) in [7, 11) is -3.56. The lowest BCUT2D eigenvalue weighted by molar-refractivity contribution is -0.120. The molecule has 128 valence electrons. The zero-order valence-corrected chi connectivity index (χ0v) is 14.3. The van der Waals surface area contributed by atoms with E-state index in [0.717, 1.165) is 17.5 Å². The van der Waals surface area contributed by atoms with Gasteiger partial charge >= 0.3 is 0 Å². The molecule has 6 nitrogen and oxygen atoms in total. The molecular weight excluding hydrogens is 326 g/mol. The second-order valence-corrected chi connectivity index (χ2v) is 7.20. The number of hydrogen-bond acceptors (Lipinski definition) is 4. The van der Waals surface area contributed by atoms with E-state index in [4.69, 9.17) is 0 Å². The topological polar surface area (TPSA) is 88.2 Å². The molecule has 0 unspecified atom stereocenters. The quantitative estimate of drug-likeness (QED) is 0.755. The maximum absolute atomic E-state index is 12.0. The molecule has 1 aromatic heterocycles. The fourth-order valence-corrected chi connectivity index (χ4v) is 3.17. The molecule has 2 rings (SSSR count). The Kier molecular flexibility index (Phi) is 6.45. The van der Waals surface area contributed by atoms with Crippen LogP contribution in [-0.4, -0.2) is 25.9 Å². The van der Waals surface area contributed by atoms with E-state index < -0.39 is 10.0 Å². The molecular formula is C17H21N3O3S. The number of aromatic nitrogens is 1. The number of amides is 1. The summed E-state index contributed by atoms with van der Waals surface area (Å²) in [5, 5.41) is 2.64. The lowest BCUT2D eigenvalue weighted by Crippen LogP contribution is -2.37. The summed E-state index contributed by atoms with van der Waals surface area (Å²) in [5.41, 5.74) is 2.69. The number of rotatable bonds is 8. The highest BCUT2D eigenvalue weighted by molar-refractivity contribution is 7.88. The number of nitrogens with zero attached hydrogens (tertiary/aromatic N) is 1. The second kappa shape index (κ2) is 8.56. The van der Waals surface area contributed by atoms with Gasteiger partial charge in [0, 0.05) is 18.9 Å². The van der Waals surface area contributed by atoms with E-state index in [1.165, 1.54) is 0 Å². The number of carbonyl (C=O) groups excluding carboxylic acids is 1. The molecule has 2 aromatic rings. The van der Waals surface area contributed by atoms with Crippen LogP contribution >= 0.6 is 0 Å². The van der Waals surface area contributed by atoms with Crippen molar-refractivity contribution in [3.63, 3.8) is 0 Å². The fourth-order valence-electron chi connectivity index (χ4n) is 2.08. The van der Waals surface area contributed by atoms with Crippen molar-refractivity contribution in [3.05, 3.63) is 65.5 Å². The van der Waals surface area contributed by atoms with Gasteiger partial charge in [0.2, 0.25) is 15.9 Å². The highest BCUT2D eigenvalue weighted by atomic mass is 32.2. The highest BCUT2D eigenvalue weighted by Gasteiger charge is 2.13. The van der Waals surface area contributed by atoms with Crippen molar-refractivity contribution in [1.82, 2.24) is 15.0 Å². The molecule has 0 aliphatic carbocycles. The van der Waals surface area contributed by atoms with Gasteiger partial charge in [-0.1, -0.05) is 37.3 Å². The van der Waals surface area contributed by atoms with Crippen molar-refractivity contribution in [3.8, 4) is 0 Å². The molecule has 7 heteroatoms. The molecule has 1 heterocycles. The number of aryl methyl sites for hydroxylation is 1. The summed E-state index contributed by atoms with van der Waals surface area (Å²) >= 11 is 0. The van der Waals surface area contributed by atoms with Crippen LogP contribution < -0.4 is 10.0 Å². The first-order valence-electron chi connectivity index (χ1n) is 7.69. The van der Waals surface area contributed by atoms with Gasteiger partial charge in [-0.25, -0.2) is 13.1 Å². The van der Waals surface area contributed by atoms with E-state index in [1.807, 2.05) is 25.1 Å². The Hall–Kier alpha value is -2.25. The summed E-state index contributed by atoms with van der Waals surface area (Å²) in [4.78, 5) is 15.7. The van der Waals surface area contributed by atoms with Gasteiger partial charge in [0.15, 0.2) is 0 Å². The fraction of sp³-hybridized carbons (Fsp3) is 0.294. The number of benzene rings is 1. The predicted molar refractivity (Wildman–Crippen MR) is 92.5 cm³/mol. The zero-order valence-electron chi connectivity index (χ0n) is 13.5. The summed E-state index contributed by atoms with van der Waals surface area (Å²) in [6.07, 6.45) is 4.19. The van der Waals surface area contributed by atoms with E-state index in [0.29, 0.717) is 12.1 Å². The van der Waals surface area contributed by atoms with E-state index in [2.05, 4.69) is 15.0 Å². The minimum absolute atomic E-state index is 0.146. The van der Waals surface area contributed by atoms with Crippen LogP contribution in [0, 0.1) is 0 Å². The Labute approximate surface area is 142 Å². The molecule has 0 saturated heterocycles. The number of sulfonamides is 1. The third kappa shape index (κ3) is 6.10. The Morgan fingerprint density at radius 3 is 2.42 bits per heavy atom. The minimum Gasteiger partial charge on any atom is -0.351 e. The van der Waals surface area contributed by atoms with Crippen molar-refractivity contribution >= 4 is 15.9 Å². The molecule has 0 spiro atoms. The third-order valence-electron chi connectivity index (χ3n) is 3.45. The first-order valence-corrected chi connectivity index (χ1v) is 9.34. The SMILES string of the molecule is CCc1ccc(CS(=O)(=O)NCC(=O)NCc2cccnc2)cc1. The number of hydrogen-bond donors (Lipinski definition) is 2. The zero-order chi connectivity index (χ0) is 17.4. The maximum atomic E-state index is 12.0. The molecule has 0 bridgehead atoms. The molecule has 0 radical (unpaired) electrons. The van der Waals surface area contributed by atoms with E-state index in [1.54, 1.807) is 30.6 Å². The van der Waals surface area contributed by atoms with Crippen molar-refractivity contribution in [1.29, 1.82) is 0 Å². The van der Waals surface area contributed by atoms with Crippen LogP contribution in [0.4, 0.5) is 0 Å². The van der Waals surface area contributed by atoms with Crippen LogP contribution in [0.5, 0.6) is 0 Å². The molecule has 1 aromatic carbocycles. The van der Waals surface area contributed by atoms with Crippen LogP contribution in [-0.2, 0) is 33.5 Å². The molecule has 0 fully saturated rings. The number of nitrogens with one attached hydrogen (secondary N) is 2. The predicted octanol–water partition coefficient (Wildman–Crippen LogP) is 1.38. The van der Waals surface area contributed by atoms with Crippen LogP contribution in [0.3, 0.4) is 0 Å². The van der Waals surface area contributed by atoms with Crippen LogP contribution in [0.15, 0.2) is 48.8 Å². The van der Waals surface area contributed by atoms with Crippen LogP contribution in [0.1, 0.15) is 23.6 Å². The molecule has 0 saturated carbocycles. The summed E-state index contributed by atoms with van der Waals surface area (Å²) in [6, 6.07) is 11.0. The van der Waals surface area contributed by atoms with Gasteiger partial charge in [0.1, 0.15) is 0 Å². The third-order valence-corrected chi connectivity index (χ3v) is 4.75. The Morgan fingerprint density at radius 1 is 1.08 bits per heavy atom. The van der Waals surface area contributed by atoms with Gasteiger partial charge in [-0.3, -0.25) is 9.78 Å². The lowest BCUT2D eigenvalue weighted by Gasteiger charge is -2.08. The Balaban J connectivity index is 1.79. The van der Waals surface area contributed by atoms with Gasteiger partial charge in [-0.2, -0.15) is 0 Å². The van der Waals surface area contributed by atoms with Crippen LogP contribution in [0.2, 0.25) is 0 Å². The normalized spacial score (nSPS) is 11.2. The second-order valence-electron chi connectivity index (χ2n) is 5.39. The van der Waals surface area contributed by atoms with Gasteiger partial charge in [-0.05, 0) is 29.2 Å². The highest BCUT2D eigenvalue weighted by Crippen LogP contribution is 2.08. The van der Waals surface area contributed by atoms with E-state index >= 15 is 0 Å². The Bertz CT molecular complexity index is 759. The average molecular weight is 347 g/mol. The Morgan fingerprint density at radius 2 is 1.79 bits per heavy atom. The van der Waals surface area contributed by atoms with E-state index in [-0.39, 0.29) is 18.2 Å². The molecule has 1 amide bonds. The molecule has 0 aliphatic heterocycles. The summed E-state index contributed by atoms with van der Waals surface area (Å²) in [6.45, 7) is 2.07. The van der Waals surface area contributed by atoms with Crippen molar-refractivity contribution in [2.45, 2.75) is 25.6 Å². The monoisotopic (exact) mass is 347 g/mol. The van der Waals surface area contributed by atoms with E-state index in [9.17, 15) is 13.2 Å².